The van der Waals surface area contributed by atoms with E-state index in [1.807, 2.05) is 16.9 Å². The lowest BCUT2D eigenvalue weighted by atomic mass is 10.0. The lowest BCUT2D eigenvalue weighted by molar-refractivity contribution is 0.0795. The van der Waals surface area contributed by atoms with Crippen LogP contribution < -0.4 is 4.74 Å². The Labute approximate surface area is 175 Å². The van der Waals surface area contributed by atoms with Crippen molar-refractivity contribution < 1.29 is 9.47 Å². The van der Waals surface area contributed by atoms with E-state index in [1.54, 1.807) is 11.6 Å². The Bertz CT molecular complexity index is 961. The zero-order valence-electron chi connectivity index (χ0n) is 17.4. The normalized spacial score (nSPS) is 12.3. The molecule has 0 spiro atoms. The zero-order chi connectivity index (χ0) is 20.5. The quantitative estimate of drug-likeness (QED) is 0.353. The van der Waals surface area contributed by atoms with Crippen molar-refractivity contribution in [3.63, 3.8) is 0 Å². The fourth-order valence-electron chi connectivity index (χ4n) is 3.06. The zero-order valence-corrected chi connectivity index (χ0v) is 19.9. The molecule has 3 heterocycles. The molecule has 0 saturated carbocycles. The van der Waals surface area contributed by atoms with Gasteiger partial charge < -0.3 is 9.47 Å². The van der Waals surface area contributed by atoms with Crippen molar-refractivity contribution in [2.75, 3.05) is 13.7 Å². The molecule has 152 valence electrons. The Morgan fingerprint density at radius 3 is 2.64 bits per heavy atom. The van der Waals surface area contributed by atoms with E-state index in [2.05, 4.69) is 59.5 Å². The van der Waals surface area contributed by atoms with E-state index in [1.165, 1.54) is 6.33 Å². The number of ether oxygens (including phenoxy) is 2. The molecule has 28 heavy (non-hydrogen) atoms. The highest BCUT2D eigenvalue weighted by Crippen LogP contribution is 2.36. The number of nitrogens with zero attached hydrogens (tertiary/aromatic N) is 5. The highest BCUT2D eigenvalue weighted by atomic mass is 79.9. The molecule has 0 saturated heterocycles. The summed E-state index contributed by atoms with van der Waals surface area (Å²) in [6, 6.07) is 3.11. The van der Waals surface area contributed by atoms with Gasteiger partial charge in [0, 0.05) is 32.0 Å². The Kier molecular flexibility index (Phi) is 6.26. The molecule has 0 bridgehead atoms. The molecule has 3 aromatic rings. The monoisotopic (exact) mass is 465 g/mol. The van der Waals surface area contributed by atoms with E-state index in [9.17, 15) is 0 Å². The Morgan fingerprint density at radius 2 is 2.00 bits per heavy atom. The molecule has 0 aliphatic carbocycles. The number of pyridine rings is 1. The minimum absolute atomic E-state index is 0.289. The minimum atomic E-state index is -1.13. The van der Waals surface area contributed by atoms with Crippen molar-refractivity contribution in [3.8, 4) is 17.0 Å². The van der Waals surface area contributed by atoms with Crippen LogP contribution in [0.4, 0.5) is 0 Å². The smallest absolute Gasteiger partial charge is 0.197 e. The highest BCUT2D eigenvalue weighted by molar-refractivity contribution is 9.10. The summed E-state index contributed by atoms with van der Waals surface area (Å²) >= 11 is 3.64. The van der Waals surface area contributed by atoms with Crippen LogP contribution >= 0.6 is 15.9 Å². The van der Waals surface area contributed by atoms with E-state index in [4.69, 9.17) is 14.6 Å². The van der Waals surface area contributed by atoms with Crippen LogP contribution in [0.15, 0.2) is 23.2 Å². The third-order valence-electron chi connectivity index (χ3n) is 4.57. The van der Waals surface area contributed by atoms with Crippen LogP contribution in [0.1, 0.15) is 25.3 Å². The summed E-state index contributed by atoms with van der Waals surface area (Å²) in [5.74, 6) is 0.964. The van der Waals surface area contributed by atoms with Crippen LogP contribution in [0.2, 0.25) is 25.7 Å². The van der Waals surface area contributed by atoms with Crippen LogP contribution in [0, 0.1) is 0 Å². The van der Waals surface area contributed by atoms with Gasteiger partial charge in [0.15, 0.2) is 11.4 Å². The van der Waals surface area contributed by atoms with Crippen molar-refractivity contribution in [1.29, 1.82) is 0 Å². The fourth-order valence-corrected chi connectivity index (χ4v) is 4.65. The summed E-state index contributed by atoms with van der Waals surface area (Å²) < 4.78 is 16.0. The number of rotatable bonds is 8. The predicted octanol–water partition coefficient (Wildman–Crippen LogP) is 4.80. The third kappa shape index (κ3) is 4.47. The van der Waals surface area contributed by atoms with Gasteiger partial charge in [-0.1, -0.05) is 33.5 Å². The van der Waals surface area contributed by atoms with Crippen LogP contribution in [0.3, 0.4) is 0 Å². The molecular weight excluding hydrogens is 438 g/mol. The third-order valence-corrected chi connectivity index (χ3v) is 6.86. The molecule has 0 N–H and O–H groups in total. The van der Waals surface area contributed by atoms with Gasteiger partial charge in [0.1, 0.15) is 17.7 Å². The maximum Gasteiger partial charge on any atom is 0.197 e. The molecule has 0 fully saturated rings. The molecule has 3 aromatic heterocycles. The average Bonchev–Trinajstić information content (AvgIpc) is 3.20. The lowest BCUT2D eigenvalue weighted by Gasteiger charge is -2.16. The van der Waals surface area contributed by atoms with Crippen molar-refractivity contribution in [3.05, 3.63) is 28.8 Å². The van der Waals surface area contributed by atoms with Gasteiger partial charge >= 0.3 is 0 Å². The summed E-state index contributed by atoms with van der Waals surface area (Å²) in [5.41, 5.74) is 3.79. The number of methoxy groups -OCH3 is 1. The molecule has 9 heteroatoms. The number of aromatic nitrogens is 5. The van der Waals surface area contributed by atoms with Crippen LogP contribution in [0.5, 0.6) is 5.75 Å². The van der Waals surface area contributed by atoms with Crippen molar-refractivity contribution >= 4 is 29.7 Å². The van der Waals surface area contributed by atoms with E-state index >= 15 is 0 Å². The van der Waals surface area contributed by atoms with Gasteiger partial charge in [0.2, 0.25) is 0 Å². The predicted molar refractivity (Wildman–Crippen MR) is 117 cm³/mol. The molecule has 3 rings (SSSR count). The van der Waals surface area contributed by atoms with Gasteiger partial charge in [0.25, 0.3) is 0 Å². The first kappa shape index (κ1) is 21.0. The maximum absolute atomic E-state index is 5.98. The summed E-state index contributed by atoms with van der Waals surface area (Å²) in [4.78, 5) is 4.27. The molecule has 0 unspecified atom stereocenters. The second-order valence-electron chi connectivity index (χ2n) is 8.38. The number of hydrogen-bond donors (Lipinski definition) is 0. The summed E-state index contributed by atoms with van der Waals surface area (Å²) in [7, 11) is 0.512. The second kappa shape index (κ2) is 8.34. The number of halogens is 1. The Hall–Kier alpha value is -1.71. The molecular formula is C19H28BrN5O2Si. The minimum Gasteiger partial charge on any atom is -0.493 e. The number of fused-ring (bicyclic) bond motifs is 1. The highest BCUT2D eigenvalue weighted by Gasteiger charge is 2.22. The average molecular weight is 466 g/mol. The molecule has 0 aliphatic heterocycles. The maximum atomic E-state index is 5.98. The summed E-state index contributed by atoms with van der Waals surface area (Å²) in [6.07, 6.45) is 3.48. The molecule has 7 nitrogen and oxygen atoms in total. The summed E-state index contributed by atoms with van der Waals surface area (Å²) in [6.45, 7) is 12.5. The van der Waals surface area contributed by atoms with E-state index < -0.39 is 8.07 Å². The van der Waals surface area contributed by atoms with Gasteiger partial charge in [-0.2, -0.15) is 10.2 Å². The lowest BCUT2D eigenvalue weighted by Crippen LogP contribution is -2.22. The SMILES string of the molecule is COc1cc(-c2c(C(C)C)c(Br)nn2COCC[Si](C)(C)C)cn2ncnc12. The fraction of sp³-hybridized carbons (Fsp3) is 0.526. The Morgan fingerprint density at radius 1 is 1.25 bits per heavy atom. The molecule has 0 radical (unpaired) electrons. The van der Waals surface area contributed by atoms with Crippen LogP contribution in [-0.4, -0.2) is 46.2 Å². The first-order valence-electron chi connectivity index (χ1n) is 9.43. The van der Waals surface area contributed by atoms with Crippen LogP contribution in [-0.2, 0) is 11.5 Å². The largest absolute Gasteiger partial charge is 0.493 e. The molecule has 0 atom stereocenters. The van der Waals surface area contributed by atoms with Gasteiger partial charge in [0.05, 0.1) is 12.8 Å². The van der Waals surface area contributed by atoms with Gasteiger partial charge in [-0.15, -0.1) is 0 Å². The van der Waals surface area contributed by atoms with Crippen molar-refractivity contribution in [2.45, 2.75) is 52.2 Å². The standard InChI is InChI=1S/C19H28BrN5O2Si/c1-13(2)16-17(14-9-15(26-3)19-21-11-22-24(19)10-14)25(23-18(16)20)12-27-7-8-28(4,5)6/h9-11,13H,7-8,12H2,1-6H3. The van der Waals surface area contributed by atoms with Crippen LogP contribution in [0.25, 0.3) is 16.9 Å². The van der Waals surface area contributed by atoms with Gasteiger partial charge in [-0.3, -0.25) is 0 Å². The van der Waals surface area contributed by atoms with E-state index in [0.29, 0.717) is 18.1 Å². The number of hydrogen-bond acceptors (Lipinski definition) is 5. The van der Waals surface area contributed by atoms with Gasteiger partial charge in [-0.05, 0) is 34.0 Å². The summed E-state index contributed by atoms with van der Waals surface area (Å²) in [5, 5.41) is 8.98. The molecule has 0 amide bonds. The Balaban J connectivity index is 2.01. The first-order chi connectivity index (χ1) is 13.2. The van der Waals surface area contributed by atoms with E-state index in [-0.39, 0.29) is 5.92 Å². The van der Waals surface area contributed by atoms with E-state index in [0.717, 1.165) is 34.1 Å². The topological polar surface area (TPSA) is 66.5 Å². The van der Waals surface area contributed by atoms with Crippen molar-refractivity contribution in [1.82, 2.24) is 24.4 Å². The first-order valence-corrected chi connectivity index (χ1v) is 13.9. The molecule has 0 aromatic carbocycles. The second-order valence-corrected chi connectivity index (χ2v) is 14.8. The van der Waals surface area contributed by atoms with Crippen molar-refractivity contribution in [2.24, 2.45) is 0 Å². The molecule has 0 aliphatic rings. The van der Waals surface area contributed by atoms with Gasteiger partial charge in [-0.25, -0.2) is 14.2 Å².